The number of phenols is 1. The molecule has 0 saturated carbocycles. The number of carbonyl (C=O) groups excluding carboxylic acids is 2. The van der Waals surface area contributed by atoms with E-state index in [2.05, 4.69) is 5.32 Å². The number of carbonyl (C=O) groups is 2. The Morgan fingerprint density at radius 2 is 1.93 bits per heavy atom. The first kappa shape index (κ1) is 21.8. The third kappa shape index (κ3) is 4.65. The van der Waals surface area contributed by atoms with Crippen LogP contribution in [-0.2, 0) is 19.6 Å². The highest BCUT2D eigenvalue weighted by Gasteiger charge is 2.34. The molecule has 162 valence electrons. The molecule has 2 heterocycles. The van der Waals surface area contributed by atoms with E-state index in [0.717, 1.165) is 5.56 Å². The predicted molar refractivity (Wildman–Crippen MR) is 108 cm³/mol. The Morgan fingerprint density at radius 1 is 1.23 bits per heavy atom. The standard InChI is InChI=1S/C20H24N2O7S/c1-3-28-20(25)17-6-7-18(29-17)30(26,27)22-10-8-14(9-11-22)19(24)21-15-5-4-13(2)12-16(15)23/h4-7,12,14,23H,3,8-11H2,1-2H3,(H,21,24). The lowest BCUT2D eigenvalue weighted by Gasteiger charge is -2.29. The van der Waals surface area contributed by atoms with Crippen LogP contribution in [0.1, 0.15) is 35.9 Å². The van der Waals surface area contributed by atoms with E-state index in [1.54, 1.807) is 25.1 Å². The van der Waals surface area contributed by atoms with Crippen molar-refractivity contribution in [3.63, 3.8) is 0 Å². The zero-order chi connectivity index (χ0) is 21.9. The van der Waals surface area contributed by atoms with Gasteiger partial charge in [-0.25, -0.2) is 13.2 Å². The average Bonchev–Trinajstić information content (AvgIpc) is 3.22. The number of nitrogens with one attached hydrogen (secondary N) is 1. The Morgan fingerprint density at radius 3 is 2.57 bits per heavy atom. The molecule has 0 bridgehead atoms. The molecule has 1 saturated heterocycles. The van der Waals surface area contributed by atoms with Crippen molar-refractivity contribution >= 4 is 27.6 Å². The molecule has 1 aromatic carbocycles. The van der Waals surface area contributed by atoms with Crippen molar-refractivity contribution in [2.24, 2.45) is 5.92 Å². The maximum absolute atomic E-state index is 12.8. The molecule has 30 heavy (non-hydrogen) atoms. The minimum atomic E-state index is -3.92. The molecule has 0 radical (unpaired) electrons. The van der Waals surface area contributed by atoms with E-state index in [0.29, 0.717) is 18.5 Å². The van der Waals surface area contributed by atoms with Gasteiger partial charge < -0.3 is 19.6 Å². The molecular formula is C20H24N2O7S. The van der Waals surface area contributed by atoms with Crippen molar-refractivity contribution < 1.29 is 32.3 Å². The van der Waals surface area contributed by atoms with Gasteiger partial charge in [0.1, 0.15) is 5.75 Å². The van der Waals surface area contributed by atoms with Crippen molar-refractivity contribution in [3.05, 3.63) is 41.7 Å². The normalized spacial score (nSPS) is 15.7. The molecule has 10 heteroatoms. The first-order valence-electron chi connectivity index (χ1n) is 9.60. The number of anilines is 1. The van der Waals surface area contributed by atoms with Gasteiger partial charge in [-0.2, -0.15) is 4.31 Å². The fourth-order valence-corrected chi connectivity index (χ4v) is 4.62. The molecule has 0 spiro atoms. The maximum Gasteiger partial charge on any atom is 0.374 e. The van der Waals surface area contributed by atoms with Crippen LogP contribution in [0.25, 0.3) is 0 Å². The van der Waals surface area contributed by atoms with Crippen LogP contribution in [0.2, 0.25) is 0 Å². The molecule has 9 nitrogen and oxygen atoms in total. The Kier molecular flexibility index (Phi) is 6.47. The van der Waals surface area contributed by atoms with Crippen LogP contribution in [0.15, 0.2) is 39.8 Å². The second-order valence-electron chi connectivity index (χ2n) is 7.03. The van der Waals surface area contributed by atoms with Crippen LogP contribution in [-0.4, -0.2) is 49.4 Å². The van der Waals surface area contributed by atoms with Crippen LogP contribution in [0.4, 0.5) is 5.69 Å². The van der Waals surface area contributed by atoms with Crippen molar-refractivity contribution in [3.8, 4) is 5.75 Å². The van der Waals surface area contributed by atoms with Gasteiger partial charge in [0.15, 0.2) is 0 Å². The summed E-state index contributed by atoms with van der Waals surface area (Å²) >= 11 is 0. The van der Waals surface area contributed by atoms with E-state index in [9.17, 15) is 23.1 Å². The van der Waals surface area contributed by atoms with E-state index in [1.165, 1.54) is 16.4 Å². The summed E-state index contributed by atoms with van der Waals surface area (Å²) < 4.78 is 36.8. The number of piperidine rings is 1. The Labute approximate surface area is 174 Å². The van der Waals surface area contributed by atoms with Gasteiger partial charge in [-0.15, -0.1) is 0 Å². The van der Waals surface area contributed by atoms with Crippen LogP contribution in [0.3, 0.4) is 0 Å². The number of hydrogen-bond acceptors (Lipinski definition) is 7. The minimum Gasteiger partial charge on any atom is -0.506 e. The van der Waals surface area contributed by atoms with E-state index >= 15 is 0 Å². The number of benzene rings is 1. The number of phenolic OH excluding ortho intramolecular Hbond substituents is 1. The fourth-order valence-electron chi connectivity index (χ4n) is 3.24. The van der Waals surface area contributed by atoms with Crippen LogP contribution in [0, 0.1) is 12.8 Å². The van der Waals surface area contributed by atoms with Crippen LogP contribution < -0.4 is 5.32 Å². The number of ether oxygens (including phenoxy) is 1. The number of hydrogen-bond donors (Lipinski definition) is 2. The number of furan rings is 1. The zero-order valence-corrected chi connectivity index (χ0v) is 17.6. The molecule has 2 aromatic rings. The summed E-state index contributed by atoms with van der Waals surface area (Å²) in [6.45, 7) is 3.89. The summed E-state index contributed by atoms with van der Waals surface area (Å²) in [7, 11) is -3.92. The van der Waals surface area contributed by atoms with Gasteiger partial charge in [0, 0.05) is 19.0 Å². The van der Waals surface area contributed by atoms with Gasteiger partial charge >= 0.3 is 5.97 Å². The highest BCUT2D eigenvalue weighted by Crippen LogP contribution is 2.28. The summed E-state index contributed by atoms with van der Waals surface area (Å²) in [5, 5.41) is 12.3. The first-order chi connectivity index (χ1) is 14.2. The van der Waals surface area contributed by atoms with Gasteiger partial charge in [-0.1, -0.05) is 6.07 Å². The zero-order valence-electron chi connectivity index (χ0n) is 16.8. The number of amides is 1. The highest BCUT2D eigenvalue weighted by atomic mass is 32.2. The number of rotatable bonds is 6. The molecule has 0 aliphatic carbocycles. The minimum absolute atomic E-state index is 0.0152. The second-order valence-corrected chi connectivity index (χ2v) is 8.90. The summed E-state index contributed by atoms with van der Waals surface area (Å²) in [5.74, 6) is -1.58. The maximum atomic E-state index is 12.8. The van der Waals surface area contributed by atoms with Gasteiger partial charge in [0.25, 0.3) is 10.0 Å². The number of sulfonamides is 1. The Balaban J connectivity index is 1.61. The lowest BCUT2D eigenvalue weighted by molar-refractivity contribution is -0.120. The lowest BCUT2D eigenvalue weighted by Crippen LogP contribution is -2.41. The molecule has 1 amide bonds. The average molecular weight is 436 g/mol. The molecule has 1 aromatic heterocycles. The first-order valence-corrected chi connectivity index (χ1v) is 11.0. The monoisotopic (exact) mass is 436 g/mol. The Bertz CT molecular complexity index is 1040. The molecule has 1 aliphatic rings. The highest BCUT2D eigenvalue weighted by molar-refractivity contribution is 7.89. The quantitative estimate of drug-likeness (QED) is 0.526. The molecule has 2 N–H and O–H groups in total. The molecule has 0 unspecified atom stereocenters. The second kappa shape index (κ2) is 8.88. The van der Waals surface area contributed by atoms with Gasteiger partial charge in [0.2, 0.25) is 16.8 Å². The predicted octanol–water partition coefficient (Wildman–Crippen LogP) is 2.51. The van der Waals surface area contributed by atoms with Gasteiger partial charge in [-0.05, 0) is 56.5 Å². The SMILES string of the molecule is CCOC(=O)c1ccc(S(=O)(=O)N2CCC(C(=O)Nc3ccc(C)cc3O)CC2)o1. The van der Waals surface area contributed by atoms with Gasteiger partial charge in [-0.3, -0.25) is 4.79 Å². The third-order valence-corrected chi connectivity index (χ3v) is 6.66. The van der Waals surface area contributed by atoms with Crippen LogP contribution >= 0.6 is 0 Å². The van der Waals surface area contributed by atoms with E-state index in [-0.39, 0.29) is 48.1 Å². The number of aromatic hydroxyl groups is 1. The van der Waals surface area contributed by atoms with Crippen molar-refractivity contribution in [1.82, 2.24) is 4.31 Å². The molecule has 1 aliphatic heterocycles. The fraction of sp³-hybridized carbons (Fsp3) is 0.400. The van der Waals surface area contributed by atoms with E-state index in [1.807, 2.05) is 6.92 Å². The third-order valence-electron chi connectivity index (χ3n) is 4.89. The number of esters is 1. The summed E-state index contributed by atoms with van der Waals surface area (Å²) in [6, 6.07) is 7.44. The summed E-state index contributed by atoms with van der Waals surface area (Å²) in [5.41, 5.74) is 1.19. The largest absolute Gasteiger partial charge is 0.506 e. The van der Waals surface area contributed by atoms with Crippen molar-refractivity contribution in [1.29, 1.82) is 0 Å². The molecule has 3 rings (SSSR count). The van der Waals surface area contributed by atoms with Crippen LogP contribution in [0.5, 0.6) is 5.75 Å². The van der Waals surface area contributed by atoms with E-state index in [4.69, 9.17) is 9.15 Å². The summed E-state index contributed by atoms with van der Waals surface area (Å²) in [6.07, 6.45) is 0.645. The lowest BCUT2D eigenvalue weighted by atomic mass is 9.97. The summed E-state index contributed by atoms with van der Waals surface area (Å²) in [4.78, 5) is 24.2. The Hall–Kier alpha value is -2.85. The molecular weight excluding hydrogens is 412 g/mol. The van der Waals surface area contributed by atoms with E-state index < -0.39 is 16.0 Å². The van der Waals surface area contributed by atoms with Crippen molar-refractivity contribution in [2.75, 3.05) is 25.0 Å². The molecule has 1 fully saturated rings. The number of nitrogens with zero attached hydrogens (tertiary/aromatic N) is 1. The van der Waals surface area contributed by atoms with Gasteiger partial charge in [0.05, 0.1) is 12.3 Å². The molecule has 0 atom stereocenters. The topological polar surface area (TPSA) is 126 Å². The smallest absolute Gasteiger partial charge is 0.374 e. The van der Waals surface area contributed by atoms with Crippen molar-refractivity contribution in [2.45, 2.75) is 31.8 Å². The number of aryl methyl sites for hydroxylation is 1.